The molecule has 1 aromatic rings. The summed E-state index contributed by atoms with van der Waals surface area (Å²) in [5, 5.41) is 3.57. The average Bonchev–Trinajstić information content (AvgIpc) is 2.86. The number of ether oxygens (including phenoxy) is 2. The van der Waals surface area contributed by atoms with Crippen molar-refractivity contribution in [2.45, 2.75) is 32.7 Å². The smallest absolute Gasteiger partial charge is 0.122 e. The van der Waals surface area contributed by atoms with Crippen LogP contribution in [0.1, 0.15) is 25.8 Å². The van der Waals surface area contributed by atoms with Crippen molar-refractivity contribution in [2.75, 3.05) is 26.9 Å². The third kappa shape index (κ3) is 3.71. The van der Waals surface area contributed by atoms with Crippen LogP contribution < -0.4 is 10.1 Å². The SMILES string of the molecule is COc1ccccc1CC1(CNC(C)C)CCOC1. The van der Waals surface area contributed by atoms with E-state index in [2.05, 4.69) is 31.3 Å². The Balaban J connectivity index is 2.11. The lowest BCUT2D eigenvalue weighted by atomic mass is 9.80. The fourth-order valence-corrected chi connectivity index (χ4v) is 2.66. The molecule has 1 aromatic carbocycles. The predicted molar refractivity (Wildman–Crippen MR) is 77.7 cm³/mol. The molecule has 2 rings (SSSR count). The second-order valence-corrected chi connectivity index (χ2v) is 5.83. The summed E-state index contributed by atoms with van der Waals surface area (Å²) in [6.45, 7) is 7.08. The van der Waals surface area contributed by atoms with Crippen LogP contribution in [0, 0.1) is 5.41 Å². The molecule has 0 spiro atoms. The third-order valence-electron chi connectivity index (χ3n) is 3.83. The summed E-state index contributed by atoms with van der Waals surface area (Å²) in [5.41, 5.74) is 1.49. The van der Waals surface area contributed by atoms with Crippen molar-refractivity contribution in [2.24, 2.45) is 5.41 Å². The highest BCUT2D eigenvalue weighted by Gasteiger charge is 2.35. The minimum Gasteiger partial charge on any atom is -0.496 e. The van der Waals surface area contributed by atoms with Crippen molar-refractivity contribution >= 4 is 0 Å². The lowest BCUT2D eigenvalue weighted by Gasteiger charge is -2.29. The van der Waals surface area contributed by atoms with E-state index < -0.39 is 0 Å². The lowest BCUT2D eigenvalue weighted by molar-refractivity contribution is 0.147. The number of benzene rings is 1. The average molecular weight is 263 g/mol. The molecule has 1 aliphatic rings. The molecule has 19 heavy (non-hydrogen) atoms. The third-order valence-corrected chi connectivity index (χ3v) is 3.83. The zero-order valence-electron chi connectivity index (χ0n) is 12.2. The van der Waals surface area contributed by atoms with Crippen LogP contribution in [-0.2, 0) is 11.2 Å². The Hall–Kier alpha value is -1.06. The summed E-state index contributed by atoms with van der Waals surface area (Å²) >= 11 is 0. The first-order valence-corrected chi connectivity index (χ1v) is 7.08. The van der Waals surface area contributed by atoms with Crippen LogP contribution in [0.4, 0.5) is 0 Å². The van der Waals surface area contributed by atoms with E-state index in [0.717, 1.165) is 38.3 Å². The van der Waals surface area contributed by atoms with E-state index in [9.17, 15) is 0 Å². The number of hydrogen-bond donors (Lipinski definition) is 1. The topological polar surface area (TPSA) is 30.5 Å². The Morgan fingerprint density at radius 1 is 1.37 bits per heavy atom. The summed E-state index contributed by atoms with van der Waals surface area (Å²) in [4.78, 5) is 0. The number of para-hydroxylation sites is 1. The minimum atomic E-state index is 0.207. The molecule has 1 saturated heterocycles. The van der Waals surface area contributed by atoms with Gasteiger partial charge in [-0.25, -0.2) is 0 Å². The number of methoxy groups -OCH3 is 1. The van der Waals surface area contributed by atoms with E-state index in [0.29, 0.717) is 6.04 Å². The molecule has 0 amide bonds. The molecule has 1 N–H and O–H groups in total. The highest BCUT2D eigenvalue weighted by atomic mass is 16.5. The molecule has 3 heteroatoms. The second kappa shape index (κ2) is 6.40. The number of nitrogens with one attached hydrogen (secondary N) is 1. The van der Waals surface area contributed by atoms with Gasteiger partial charge >= 0.3 is 0 Å². The van der Waals surface area contributed by atoms with Crippen LogP contribution >= 0.6 is 0 Å². The van der Waals surface area contributed by atoms with Gasteiger partial charge in [-0.05, 0) is 24.5 Å². The van der Waals surface area contributed by atoms with Crippen molar-refractivity contribution in [3.05, 3.63) is 29.8 Å². The quantitative estimate of drug-likeness (QED) is 0.856. The molecule has 1 atom stereocenters. The molecular weight excluding hydrogens is 238 g/mol. The summed E-state index contributed by atoms with van der Waals surface area (Å²) in [5.74, 6) is 0.985. The maximum atomic E-state index is 5.66. The van der Waals surface area contributed by atoms with Crippen molar-refractivity contribution in [3.8, 4) is 5.75 Å². The van der Waals surface area contributed by atoms with Gasteiger partial charge in [-0.2, -0.15) is 0 Å². The summed E-state index contributed by atoms with van der Waals surface area (Å²) < 4.78 is 11.1. The van der Waals surface area contributed by atoms with Gasteiger partial charge in [-0.1, -0.05) is 32.0 Å². The molecule has 0 saturated carbocycles. The first-order valence-electron chi connectivity index (χ1n) is 7.08. The fraction of sp³-hybridized carbons (Fsp3) is 0.625. The Bertz CT molecular complexity index is 397. The van der Waals surface area contributed by atoms with Gasteiger partial charge in [0.15, 0.2) is 0 Å². The summed E-state index contributed by atoms with van der Waals surface area (Å²) in [6, 6.07) is 8.81. The molecule has 106 valence electrons. The highest BCUT2D eigenvalue weighted by Crippen LogP contribution is 2.34. The zero-order chi connectivity index (χ0) is 13.7. The first kappa shape index (κ1) is 14.4. The van der Waals surface area contributed by atoms with Gasteiger partial charge in [0.25, 0.3) is 0 Å². The number of rotatable bonds is 6. The van der Waals surface area contributed by atoms with Gasteiger partial charge in [0, 0.05) is 24.6 Å². The summed E-state index contributed by atoms with van der Waals surface area (Å²) in [7, 11) is 1.74. The molecule has 1 unspecified atom stereocenters. The van der Waals surface area contributed by atoms with Gasteiger partial charge in [-0.15, -0.1) is 0 Å². The van der Waals surface area contributed by atoms with Crippen LogP contribution in [-0.4, -0.2) is 32.9 Å². The van der Waals surface area contributed by atoms with Gasteiger partial charge in [0.2, 0.25) is 0 Å². The minimum absolute atomic E-state index is 0.207. The van der Waals surface area contributed by atoms with E-state index in [-0.39, 0.29) is 5.41 Å². The van der Waals surface area contributed by atoms with Crippen LogP contribution in [0.2, 0.25) is 0 Å². The van der Waals surface area contributed by atoms with Crippen LogP contribution in [0.3, 0.4) is 0 Å². The highest BCUT2D eigenvalue weighted by molar-refractivity contribution is 5.34. The molecule has 0 radical (unpaired) electrons. The van der Waals surface area contributed by atoms with Gasteiger partial charge in [-0.3, -0.25) is 0 Å². The normalized spacial score (nSPS) is 22.9. The van der Waals surface area contributed by atoms with Crippen molar-refractivity contribution in [3.63, 3.8) is 0 Å². The van der Waals surface area contributed by atoms with E-state index in [1.807, 2.05) is 12.1 Å². The van der Waals surface area contributed by atoms with E-state index >= 15 is 0 Å². The Morgan fingerprint density at radius 3 is 2.79 bits per heavy atom. The van der Waals surface area contributed by atoms with Gasteiger partial charge < -0.3 is 14.8 Å². The molecule has 3 nitrogen and oxygen atoms in total. The van der Waals surface area contributed by atoms with Gasteiger partial charge in [0.1, 0.15) is 5.75 Å². The van der Waals surface area contributed by atoms with Crippen molar-refractivity contribution < 1.29 is 9.47 Å². The monoisotopic (exact) mass is 263 g/mol. The largest absolute Gasteiger partial charge is 0.496 e. The van der Waals surface area contributed by atoms with Crippen molar-refractivity contribution in [1.29, 1.82) is 0 Å². The molecule has 0 bridgehead atoms. The predicted octanol–water partition coefficient (Wildman–Crippen LogP) is 2.64. The maximum absolute atomic E-state index is 5.66. The van der Waals surface area contributed by atoms with Crippen LogP contribution in [0.15, 0.2) is 24.3 Å². The number of hydrogen-bond acceptors (Lipinski definition) is 3. The van der Waals surface area contributed by atoms with E-state index in [1.165, 1.54) is 5.56 Å². The molecule has 1 heterocycles. The maximum Gasteiger partial charge on any atom is 0.122 e. The van der Waals surface area contributed by atoms with E-state index in [4.69, 9.17) is 9.47 Å². The molecule has 1 fully saturated rings. The molecule has 0 aliphatic carbocycles. The molecule has 0 aromatic heterocycles. The zero-order valence-corrected chi connectivity index (χ0v) is 12.2. The standard InChI is InChI=1S/C16H25NO2/c1-13(2)17-11-16(8-9-19-12-16)10-14-6-4-5-7-15(14)18-3/h4-7,13,17H,8-12H2,1-3H3. The molecule has 1 aliphatic heterocycles. The Morgan fingerprint density at radius 2 is 2.16 bits per heavy atom. The molecular formula is C16H25NO2. The van der Waals surface area contributed by atoms with Crippen LogP contribution in [0.5, 0.6) is 5.75 Å². The summed E-state index contributed by atoms with van der Waals surface area (Å²) in [6.07, 6.45) is 2.13. The Labute approximate surface area is 116 Å². The van der Waals surface area contributed by atoms with Gasteiger partial charge in [0.05, 0.1) is 13.7 Å². The lowest BCUT2D eigenvalue weighted by Crippen LogP contribution is -2.39. The van der Waals surface area contributed by atoms with Crippen LogP contribution in [0.25, 0.3) is 0 Å². The van der Waals surface area contributed by atoms with E-state index in [1.54, 1.807) is 7.11 Å². The Kier molecular flexibility index (Phi) is 4.83. The van der Waals surface area contributed by atoms with Crippen molar-refractivity contribution in [1.82, 2.24) is 5.32 Å². The first-order chi connectivity index (χ1) is 9.15. The second-order valence-electron chi connectivity index (χ2n) is 5.83. The fourth-order valence-electron chi connectivity index (χ4n) is 2.66.